The first-order valence-electron chi connectivity index (χ1n) is 10.4. The van der Waals surface area contributed by atoms with Crippen molar-refractivity contribution in [2.24, 2.45) is 0 Å². The van der Waals surface area contributed by atoms with Gasteiger partial charge in [-0.2, -0.15) is 0 Å². The molecule has 0 spiro atoms. The molecule has 0 amide bonds. The van der Waals surface area contributed by atoms with Gasteiger partial charge in [-0.05, 0) is 35.7 Å². The highest BCUT2D eigenvalue weighted by atomic mass is 28.4. The molecular weight excluding hydrogens is 376 g/mol. The maximum atomic E-state index is 6.96. The predicted molar refractivity (Wildman–Crippen MR) is 122 cm³/mol. The van der Waals surface area contributed by atoms with Gasteiger partial charge in [0.1, 0.15) is 6.10 Å². The topological polar surface area (TPSA) is 27.7 Å². The average Bonchev–Trinajstić information content (AvgIpc) is 2.99. The number of hydrogen-bond acceptors (Lipinski definition) is 3. The summed E-state index contributed by atoms with van der Waals surface area (Å²) in [4.78, 5) is 0. The highest BCUT2D eigenvalue weighted by molar-refractivity contribution is 6.99. The van der Waals surface area contributed by atoms with Gasteiger partial charge in [0.2, 0.25) is 0 Å². The Morgan fingerprint density at radius 2 is 1.48 bits per heavy atom. The lowest BCUT2D eigenvalue weighted by Gasteiger charge is -2.43. The van der Waals surface area contributed by atoms with Gasteiger partial charge in [-0.3, -0.25) is 0 Å². The second-order valence-electron chi connectivity index (χ2n) is 9.17. The lowest BCUT2D eigenvalue weighted by molar-refractivity contribution is -0.144. The second kappa shape index (κ2) is 8.56. The van der Waals surface area contributed by atoms with Gasteiger partial charge in [-0.1, -0.05) is 87.5 Å². The zero-order chi connectivity index (χ0) is 21.1. The monoisotopic (exact) mass is 410 g/mol. The van der Waals surface area contributed by atoms with Gasteiger partial charge >= 0.3 is 0 Å². The number of ether oxygens (including phenoxy) is 2. The molecule has 2 aromatic carbocycles. The summed E-state index contributed by atoms with van der Waals surface area (Å²) in [6, 6.07) is 21.4. The third-order valence-electron chi connectivity index (χ3n) is 5.59. The van der Waals surface area contributed by atoms with Gasteiger partial charge in [0.15, 0.2) is 5.79 Å². The summed E-state index contributed by atoms with van der Waals surface area (Å²) >= 11 is 0. The van der Waals surface area contributed by atoms with Crippen LogP contribution in [0.2, 0.25) is 5.04 Å². The first-order valence-corrected chi connectivity index (χ1v) is 12.3. The van der Waals surface area contributed by atoms with Crippen LogP contribution in [0, 0.1) is 0 Å². The van der Waals surface area contributed by atoms with Crippen LogP contribution in [-0.4, -0.2) is 32.9 Å². The van der Waals surface area contributed by atoms with E-state index in [1.165, 1.54) is 10.4 Å². The molecule has 1 aliphatic heterocycles. The maximum absolute atomic E-state index is 6.96. The number of hydrogen-bond donors (Lipinski definition) is 0. The molecule has 3 nitrogen and oxygen atoms in total. The quantitative estimate of drug-likeness (QED) is 0.491. The van der Waals surface area contributed by atoms with Crippen LogP contribution in [0.25, 0.3) is 0 Å². The van der Waals surface area contributed by atoms with E-state index in [4.69, 9.17) is 13.9 Å². The summed E-state index contributed by atoms with van der Waals surface area (Å²) in [5.41, 5.74) is 0. The van der Waals surface area contributed by atoms with Crippen LogP contribution in [-0.2, 0) is 13.9 Å². The average molecular weight is 411 g/mol. The Kier molecular flexibility index (Phi) is 6.49. The molecule has 1 heterocycles. The minimum Gasteiger partial charge on any atom is -0.407 e. The molecule has 0 aliphatic carbocycles. The van der Waals surface area contributed by atoms with Crippen LogP contribution in [0.4, 0.5) is 0 Å². The van der Waals surface area contributed by atoms with Crippen molar-refractivity contribution in [2.75, 3.05) is 6.61 Å². The standard InChI is InChI=1S/C25H34O3Si/c1-7-22-23(28-25(5,6)27-22)18-19-26-29(24(2,3)4,20-14-10-8-11-15-20)21-16-12-9-13-17-21/h7-17,22-23H,1,18-19H2,2-6H3/t22-,23-/m1/s1. The lowest BCUT2D eigenvalue weighted by atomic mass is 10.1. The van der Waals surface area contributed by atoms with Crippen molar-refractivity contribution in [3.8, 4) is 0 Å². The van der Waals surface area contributed by atoms with Crippen molar-refractivity contribution in [1.82, 2.24) is 0 Å². The Labute approximate surface area is 176 Å². The van der Waals surface area contributed by atoms with Gasteiger partial charge < -0.3 is 13.9 Å². The van der Waals surface area contributed by atoms with Crippen molar-refractivity contribution in [3.05, 3.63) is 73.3 Å². The normalized spacial score (nSPS) is 21.8. The largest absolute Gasteiger partial charge is 0.407 e. The zero-order valence-corrected chi connectivity index (χ0v) is 19.4. The fourth-order valence-corrected chi connectivity index (χ4v) is 8.96. The number of rotatable bonds is 7. The molecule has 1 aliphatic rings. The summed E-state index contributed by atoms with van der Waals surface area (Å²) < 4.78 is 19.0. The third-order valence-corrected chi connectivity index (χ3v) is 10.6. The highest BCUT2D eigenvalue weighted by Gasteiger charge is 2.50. The Morgan fingerprint density at radius 3 is 1.93 bits per heavy atom. The molecule has 0 saturated carbocycles. The molecular formula is C25H34O3Si. The minimum atomic E-state index is -2.51. The molecule has 0 unspecified atom stereocenters. The third kappa shape index (κ3) is 4.56. The van der Waals surface area contributed by atoms with Crippen molar-refractivity contribution in [3.63, 3.8) is 0 Å². The highest BCUT2D eigenvalue weighted by Crippen LogP contribution is 2.37. The second-order valence-corrected chi connectivity index (χ2v) is 13.5. The molecule has 4 heteroatoms. The van der Waals surface area contributed by atoms with Crippen LogP contribution in [0.1, 0.15) is 41.0 Å². The molecule has 156 valence electrons. The summed E-state index contributed by atoms with van der Waals surface area (Å²) in [7, 11) is -2.51. The smallest absolute Gasteiger partial charge is 0.261 e. The van der Waals surface area contributed by atoms with E-state index in [2.05, 4.69) is 88.0 Å². The van der Waals surface area contributed by atoms with Gasteiger partial charge in [0.05, 0.1) is 6.10 Å². The predicted octanol–water partition coefficient (Wildman–Crippen LogP) is 4.66. The summed E-state index contributed by atoms with van der Waals surface area (Å²) in [6.07, 6.45) is 2.46. The van der Waals surface area contributed by atoms with E-state index < -0.39 is 14.1 Å². The molecule has 0 radical (unpaired) electrons. The van der Waals surface area contributed by atoms with E-state index in [0.29, 0.717) is 6.61 Å². The van der Waals surface area contributed by atoms with E-state index in [-0.39, 0.29) is 17.2 Å². The molecule has 1 saturated heterocycles. The Morgan fingerprint density at radius 1 is 0.966 bits per heavy atom. The van der Waals surface area contributed by atoms with Gasteiger partial charge in [0, 0.05) is 6.61 Å². The molecule has 0 N–H and O–H groups in total. The zero-order valence-electron chi connectivity index (χ0n) is 18.4. The Bertz CT molecular complexity index is 756. The Balaban J connectivity index is 1.91. The van der Waals surface area contributed by atoms with Gasteiger partial charge in [-0.15, -0.1) is 6.58 Å². The van der Waals surface area contributed by atoms with Crippen LogP contribution in [0.3, 0.4) is 0 Å². The summed E-state index contributed by atoms with van der Waals surface area (Å²) in [5.74, 6) is -0.582. The maximum Gasteiger partial charge on any atom is 0.261 e. The first kappa shape index (κ1) is 22.0. The molecule has 0 bridgehead atoms. The fraction of sp³-hybridized carbons (Fsp3) is 0.440. The molecule has 1 fully saturated rings. The Hall–Kier alpha value is -1.72. The van der Waals surface area contributed by atoms with Gasteiger partial charge in [0.25, 0.3) is 8.32 Å². The van der Waals surface area contributed by atoms with E-state index in [9.17, 15) is 0 Å². The molecule has 3 rings (SSSR count). The number of benzene rings is 2. The van der Waals surface area contributed by atoms with Crippen LogP contribution in [0.15, 0.2) is 73.3 Å². The van der Waals surface area contributed by atoms with E-state index in [0.717, 1.165) is 6.42 Å². The SMILES string of the molecule is C=C[C@H]1OC(C)(C)O[C@@H]1CCO[Si](c1ccccc1)(c1ccccc1)C(C)(C)C. The first-order chi connectivity index (χ1) is 13.7. The van der Waals surface area contributed by atoms with Crippen LogP contribution < -0.4 is 10.4 Å². The summed E-state index contributed by atoms with van der Waals surface area (Å²) in [5, 5.41) is 2.56. The minimum absolute atomic E-state index is 0.0279. The molecule has 2 atom stereocenters. The van der Waals surface area contributed by atoms with Gasteiger partial charge in [-0.25, -0.2) is 0 Å². The molecule has 29 heavy (non-hydrogen) atoms. The van der Waals surface area contributed by atoms with Crippen molar-refractivity contribution >= 4 is 18.7 Å². The summed E-state index contributed by atoms with van der Waals surface area (Å²) in [6.45, 7) is 15.3. The van der Waals surface area contributed by atoms with Crippen molar-refractivity contribution < 1.29 is 13.9 Å². The van der Waals surface area contributed by atoms with Crippen LogP contribution in [0.5, 0.6) is 0 Å². The van der Waals surface area contributed by atoms with Crippen molar-refractivity contribution in [1.29, 1.82) is 0 Å². The van der Waals surface area contributed by atoms with E-state index in [1.54, 1.807) is 0 Å². The molecule has 2 aromatic rings. The van der Waals surface area contributed by atoms with E-state index in [1.807, 2.05) is 19.9 Å². The molecule has 0 aromatic heterocycles. The lowest BCUT2D eigenvalue weighted by Crippen LogP contribution is -2.66. The van der Waals surface area contributed by atoms with Crippen LogP contribution >= 0.6 is 0 Å². The van der Waals surface area contributed by atoms with E-state index >= 15 is 0 Å². The van der Waals surface area contributed by atoms with Crippen molar-refractivity contribution in [2.45, 2.75) is 64.1 Å². The fourth-order valence-electron chi connectivity index (χ4n) is 4.38.